The molecule has 18 heavy (non-hydrogen) atoms. The number of hydrogen-bond donors (Lipinski definition) is 1. The van der Waals surface area contributed by atoms with E-state index in [1.54, 1.807) is 26.0 Å². The average molecular weight is 271 g/mol. The van der Waals surface area contributed by atoms with Gasteiger partial charge in [-0.25, -0.2) is 4.39 Å². The van der Waals surface area contributed by atoms with Crippen LogP contribution in [0.15, 0.2) is 35.9 Å². The first-order valence-corrected chi connectivity index (χ1v) is 6.75. The Bertz CT molecular complexity index is 416. The summed E-state index contributed by atoms with van der Waals surface area (Å²) < 4.78 is 28.8. The maximum atomic E-state index is 12.7. The second-order valence-corrected chi connectivity index (χ2v) is 6.28. The van der Waals surface area contributed by atoms with Gasteiger partial charge in [0.15, 0.2) is 4.75 Å². The summed E-state index contributed by atoms with van der Waals surface area (Å²) in [6, 6.07) is 5.81. The van der Waals surface area contributed by atoms with E-state index in [4.69, 9.17) is 9.88 Å². The van der Waals surface area contributed by atoms with E-state index in [0.29, 0.717) is 12.4 Å². The van der Waals surface area contributed by atoms with Gasteiger partial charge in [-0.3, -0.25) is 0 Å². The lowest BCUT2D eigenvalue weighted by molar-refractivity contribution is 0.350. The predicted molar refractivity (Wildman–Crippen MR) is 72.1 cm³/mol. The third-order valence-corrected chi connectivity index (χ3v) is 3.55. The van der Waals surface area contributed by atoms with Crippen LogP contribution in [0.3, 0.4) is 0 Å². The third-order valence-electron chi connectivity index (χ3n) is 2.39. The van der Waals surface area contributed by atoms with Crippen LogP contribution in [0.5, 0.6) is 5.75 Å². The van der Waals surface area contributed by atoms with Gasteiger partial charge in [0, 0.05) is 11.4 Å². The average Bonchev–Trinajstić information content (AvgIpc) is 2.27. The molecule has 0 fully saturated rings. The Morgan fingerprint density at radius 1 is 1.44 bits per heavy atom. The van der Waals surface area contributed by atoms with Crippen molar-refractivity contribution >= 4 is 11.4 Å². The normalized spacial score (nSPS) is 14.4. The van der Waals surface area contributed by atoms with Crippen molar-refractivity contribution in [2.24, 2.45) is 5.14 Å². The van der Waals surface area contributed by atoms with Crippen molar-refractivity contribution in [1.29, 1.82) is 0 Å². The van der Waals surface area contributed by atoms with Gasteiger partial charge in [0.1, 0.15) is 18.2 Å². The third kappa shape index (κ3) is 4.68. The van der Waals surface area contributed by atoms with Crippen LogP contribution in [0.25, 0.3) is 0 Å². The van der Waals surface area contributed by atoms with Crippen molar-refractivity contribution in [1.82, 2.24) is 0 Å². The number of ether oxygens (including phenoxy) is 1. The quantitative estimate of drug-likeness (QED) is 0.661. The summed E-state index contributed by atoms with van der Waals surface area (Å²) in [5.41, 5.74) is 0.920. The first-order valence-electron chi connectivity index (χ1n) is 5.54. The van der Waals surface area contributed by atoms with E-state index in [1.165, 1.54) is 12.1 Å². The van der Waals surface area contributed by atoms with Gasteiger partial charge < -0.3 is 9.29 Å². The Balaban J connectivity index is 2.58. The smallest absolute Gasteiger partial charge is 0.157 e. The molecule has 1 unspecified atom stereocenters. The molecule has 0 bridgehead atoms. The fraction of sp³-hybridized carbons (Fsp3) is 0.385. The van der Waals surface area contributed by atoms with Crippen LogP contribution in [-0.4, -0.2) is 15.9 Å². The van der Waals surface area contributed by atoms with E-state index < -0.39 is 16.1 Å². The number of rotatable bonds is 5. The molecular weight excluding hydrogens is 253 g/mol. The molecule has 0 aliphatic carbocycles. The van der Waals surface area contributed by atoms with Gasteiger partial charge in [-0.2, -0.15) is 5.14 Å². The molecule has 0 saturated carbocycles. The van der Waals surface area contributed by atoms with Gasteiger partial charge in [0.05, 0.1) is 0 Å². The molecule has 0 aliphatic heterocycles. The zero-order valence-corrected chi connectivity index (χ0v) is 11.6. The van der Waals surface area contributed by atoms with Crippen LogP contribution >= 0.6 is 0 Å². The Morgan fingerprint density at radius 2 is 2.00 bits per heavy atom. The van der Waals surface area contributed by atoms with Crippen molar-refractivity contribution < 1.29 is 13.7 Å². The minimum atomic E-state index is -1.43. The molecule has 0 spiro atoms. The fourth-order valence-corrected chi connectivity index (χ4v) is 1.74. The highest BCUT2D eigenvalue weighted by Gasteiger charge is 2.26. The van der Waals surface area contributed by atoms with E-state index >= 15 is 0 Å². The number of benzene rings is 1. The van der Waals surface area contributed by atoms with Crippen molar-refractivity contribution in [3.63, 3.8) is 0 Å². The maximum absolute atomic E-state index is 12.7. The fourth-order valence-electron chi connectivity index (χ4n) is 1.42. The molecule has 5 heteroatoms. The van der Waals surface area contributed by atoms with E-state index in [1.807, 2.05) is 13.0 Å². The van der Waals surface area contributed by atoms with E-state index in [0.717, 1.165) is 5.57 Å². The van der Waals surface area contributed by atoms with Gasteiger partial charge in [0.2, 0.25) is 0 Å². The Kier molecular flexibility index (Phi) is 5.19. The van der Waals surface area contributed by atoms with Gasteiger partial charge in [-0.15, -0.1) is 0 Å². The molecule has 0 amide bonds. The van der Waals surface area contributed by atoms with Crippen molar-refractivity contribution in [3.8, 4) is 5.75 Å². The molecule has 0 heterocycles. The van der Waals surface area contributed by atoms with Gasteiger partial charge >= 0.3 is 0 Å². The highest BCUT2D eigenvalue weighted by atomic mass is 32.2. The lowest BCUT2D eigenvalue weighted by atomic mass is 10.1. The Labute approximate surface area is 110 Å². The molecule has 100 valence electrons. The number of halogens is 1. The molecule has 2 N–H and O–H groups in total. The van der Waals surface area contributed by atoms with E-state index in [-0.39, 0.29) is 5.82 Å². The summed E-state index contributed by atoms with van der Waals surface area (Å²) in [5.74, 6) is 0.296. The summed E-state index contributed by atoms with van der Waals surface area (Å²) in [4.78, 5) is 0. The second kappa shape index (κ2) is 6.22. The predicted octanol–water partition coefficient (Wildman–Crippen LogP) is 2.55. The Morgan fingerprint density at radius 3 is 2.50 bits per heavy atom. The van der Waals surface area contributed by atoms with Crippen molar-refractivity contribution in [2.75, 3.05) is 6.61 Å². The SMILES string of the molecule is CC(=CC(C)(C)[S+](N)[O-])COc1ccc(F)cc1. The number of nitrogens with two attached hydrogens (primary N) is 1. The van der Waals surface area contributed by atoms with E-state index in [9.17, 15) is 8.94 Å². The largest absolute Gasteiger partial charge is 0.598 e. The zero-order chi connectivity index (χ0) is 13.8. The monoisotopic (exact) mass is 271 g/mol. The van der Waals surface area contributed by atoms with Crippen molar-refractivity contribution in [3.05, 3.63) is 41.7 Å². The van der Waals surface area contributed by atoms with E-state index in [2.05, 4.69) is 0 Å². The maximum Gasteiger partial charge on any atom is 0.157 e. The first kappa shape index (κ1) is 15.0. The van der Waals surface area contributed by atoms with Crippen LogP contribution in [0.2, 0.25) is 0 Å². The summed E-state index contributed by atoms with van der Waals surface area (Å²) in [6.07, 6.45) is 1.83. The summed E-state index contributed by atoms with van der Waals surface area (Å²) in [6.45, 7) is 5.82. The molecule has 1 aromatic rings. The van der Waals surface area contributed by atoms with Crippen LogP contribution in [0, 0.1) is 5.82 Å². The molecule has 0 saturated heterocycles. The molecular formula is C13H18FNO2S. The zero-order valence-electron chi connectivity index (χ0n) is 10.8. The minimum absolute atomic E-state index is 0.297. The summed E-state index contributed by atoms with van der Waals surface area (Å²) >= 11 is -1.43. The molecule has 0 aliphatic rings. The lowest BCUT2D eigenvalue weighted by Gasteiger charge is -2.21. The second-order valence-electron chi connectivity index (χ2n) is 4.63. The summed E-state index contributed by atoms with van der Waals surface area (Å²) in [5, 5.41) is 5.39. The van der Waals surface area contributed by atoms with Crippen LogP contribution in [0.4, 0.5) is 4.39 Å². The minimum Gasteiger partial charge on any atom is -0.598 e. The lowest BCUT2D eigenvalue weighted by Crippen LogP contribution is -2.36. The van der Waals surface area contributed by atoms with Gasteiger partial charge in [-0.1, -0.05) is 0 Å². The molecule has 0 radical (unpaired) electrons. The number of hydrogen-bond acceptors (Lipinski definition) is 3. The van der Waals surface area contributed by atoms with Gasteiger partial charge in [-0.05, 0) is 56.7 Å². The standard InChI is InChI=1S/C13H18FNO2S/c1-10(8-13(2,3)18(15)16)9-17-12-6-4-11(14)5-7-12/h4-8H,9,15H2,1-3H3. The van der Waals surface area contributed by atoms with Crippen molar-refractivity contribution in [2.45, 2.75) is 25.5 Å². The molecule has 1 aromatic carbocycles. The van der Waals surface area contributed by atoms with Crippen LogP contribution in [-0.2, 0) is 11.4 Å². The Hall–Kier alpha value is -1.04. The summed E-state index contributed by atoms with van der Waals surface area (Å²) in [7, 11) is 0. The van der Waals surface area contributed by atoms with Crippen LogP contribution in [0.1, 0.15) is 20.8 Å². The highest BCUT2D eigenvalue weighted by Crippen LogP contribution is 2.18. The topological polar surface area (TPSA) is 58.3 Å². The first-order chi connectivity index (χ1) is 8.31. The molecule has 1 rings (SSSR count). The van der Waals surface area contributed by atoms with Gasteiger partial charge in [0.25, 0.3) is 0 Å². The van der Waals surface area contributed by atoms with Crippen LogP contribution < -0.4 is 9.88 Å². The molecule has 3 nitrogen and oxygen atoms in total. The molecule has 0 aromatic heterocycles. The highest BCUT2D eigenvalue weighted by molar-refractivity contribution is 7.90. The molecule has 1 atom stereocenters.